The first-order valence-corrected chi connectivity index (χ1v) is 11.4. The van der Waals surface area contributed by atoms with Gasteiger partial charge in [0.15, 0.2) is 0 Å². The predicted molar refractivity (Wildman–Crippen MR) is 125 cm³/mol. The minimum Gasteiger partial charge on any atom is -0.311 e. The Morgan fingerprint density at radius 1 is 0.781 bits per heavy atom. The summed E-state index contributed by atoms with van der Waals surface area (Å²) in [7, 11) is -2.20. The van der Waals surface area contributed by atoms with E-state index in [1.807, 2.05) is 30.3 Å². The molecule has 8 heteroatoms. The Morgan fingerprint density at radius 2 is 1.47 bits per heavy atom. The van der Waals surface area contributed by atoms with Gasteiger partial charge in [-0.3, -0.25) is 9.52 Å². The van der Waals surface area contributed by atoms with Gasteiger partial charge in [0, 0.05) is 29.1 Å². The number of sulfonamides is 1. The van der Waals surface area contributed by atoms with Crippen LogP contribution in [0, 0.1) is 0 Å². The third kappa shape index (κ3) is 3.40. The number of hydrogen-bond donors (Lipinski definition) is 1. The minimum absolute atomic E-state index is 0.119. The van der Waals surface area contributed by atoms with Crippen LogP contribution >= 0.6 is 0 Å². The molecule has 0 radical (unpaired) electrons. The third-order valence-electron chi connectivity index (χ3n) is 5.32. The van der Waals surface area contributed by atoms with Crippen molar-refractivity contribution >= 4 is 49.5 Å². The lowest BCUT2D eigenvalue weighted by Gasteiger charge is -2.13. The molecule has 5 rings (SSSR count). The van der Waals surface area contributed by atoms with Crippen LogP contribution in [0.4, 0.5) is 22.7 Å². The van der Waals surface area contributed by atoms with Gasteiger partial charge in [-0.15, -0.1) is 0 Å². The Hall–Kier alpha value is -4.04. The molecule has 1 aliphatic heterocycles. The van der Waals surface area contributed by atoms with Crippen LogP contribution in [0.5, 0.6) is 0 Å². The molecule has 0 atom stereocenters. The number of carbonyl (C=O) groups is 1. The van der Waals surface area contributed by atoms with Gasteiger partial charge in [-0.1, -0.05) is 30.3 Å². The van der Waals surface area contributed by atoms with E-state index < -0.39 is 10.0 Å². The van der Waals surface area contributed by atoms with E-state index in [0.717, 1.165) is 5.69 Å². The quantitative estimate of drug-likeness (QED) is 0.405. The van der Waals surface area contributed by atoms with Crippen molar-refractivity contribution in [2.24, 2.45) is 10.2 Å². The van der Waals surface area contributed by atoms with E-state index >= 15 is 0 Å². The van der Waals surface area contributed by atoms with Crippen molar-refractivity contribution in [1.29, 1.82) is 0 Å². The molecule has 4 aromatic rings. The summed E-state index contributed by atoms with van der Waals surface area (Å²) in [6.07, 6.45) is 0. The van der Waals surface area contributed by atoms with Crippen molar-refractivity contribution in [3.05, 3.63) is 90.5 Å². The second-order valence-electron chi connectivity index (χ2n) is 7.36. The monoisotopic (exact) mass is 442 g/mol. The summed E-state index contributed by atoms with van der Waals surface area (Å²) in [4.78, 5) is 14.1. The fourth-order valence-corrected chi connectivity index (χ4v) is 5.02. The summed E-state index contributed by atoms with van der Waals surface area (Å²) in [5.41, 5.74) is 2.94. The van der Waals surface area contributed by atoms with Crippen molar-refractivity contribution in [3.8, 4) is 0 Å². The number of azo groups is 1. The van der Waals surface area contributed by atoms with Crippen LogP contribution in [0.3, 0.4) is 0 Å². The van der Waals surface area contributed by atoms with Crippen LogP contribution in [0.15, 0.2) is 100 Å². The summed E-state index contributed by atoms with van der Waals surface area (Å²) >= 11 is 0. The zero-order valence-corrected chi connectivity index (χ0v) is 17.9. The molecule has 1 aliphatic rings. The van der Waals surface area contributed by atoms with Crippen molar-refractivity contribution in [1.82, 2.24) is 0 Å². The normalized spacial score (nSPS) is 13.3. The average molecular weight is 443 g/mol. The molecule has 1 N–H and O–H groups in total. The first-order chi connectivity index (χ1) is 15.4. The Balaban J connectivity index is 1.44. The topological polar surface area (TPSA) is 91.2 Å². The van der Waals surface area contributed by atoms with Gasteiger partial charge in [-0.2, -0.15) is 10.2 Å². The summed E-state index contributed by atoms with van der Waals surface area (Å²) < 4.78 is 28.9. The molecule has 158 valence electrons. The molecule has 0 aliphatic carbocycles. The molecule has 1 heterocycles. The number of nitrogens with one attached hydrogen (secondary N) is 1. The van der Waals surface area contributed by atoms with Crippen LogP contribution in [-0.4, -0.2) is 21.4 Å². The van der Waals surface area contributed by atoms with Crippen molar-refractivity contribution < 1.29 is 13.2 Å². The highest BCUT2D eigenvalue weighted by Gasteiger charge is 2.30. The molecule has 0 bridgehead atoms. The van der Waals surface area contributed by atoms with Crippen molar-refractivity contribution in [2.45, 2.75) is 4.90 Å². The SMILES string of the molecule is CN1C(=O)c2cccc3c(S(=O)(=O)Nc4ccc(N=Nc5ccccc5)cc4)ccc1c23. The van der Waals surface area contributed by atoms with Gasteiger partial charge in [-0.05, 0) is 54.6 Å². The highest BCUT2D eigenvalue weighted by molar-refractivity contribution is 7.93. The number of benzene rings is 4. The fourth-order valence-electron chi connectivity index (χ4n) is 3.76. The summed E-state index contributed by atoms with van der Waals surface area (Å²) in [5.74, 6) is -0.145. The maximum Gasteiger partial charge on any atom is 0.262 e. The maximum absolute atomic E-state index is 13.2. The van der Waals surface area contributed by atoms with Crippen LogP contribution < -0.4 is 9.62 Å². The van der Waals surface area contributed by atoms with E-state index in [1.165, 1.54) is 11.0 Å². The second kappa shape index (κ2) is 7.58. The van der Waals surface area contributed by atoms with E-state index in [9.17, 15) is 13.2 Å². The molecule has 0 saturated carbocycles. The van der Waals surface area contributed by atoms with E-state index in [4.69, 9.17) is 0 Å². The first kappa shape index (κ1) is 19.9. The molecule has 1 amide bonds. The van der Waals surface area contributed by atoms with E-state index in [0.29, 0.717) is 33.4 Å². The van der Waals surface area contributed by atoms with Gasteiger partial charge >= 0.3 is 0 Å². The number of amides is 1. The van der Waals surface area contributed by atoms with Gasteiger partial charge in [0.25, 0.3) is 15.9 Å². The third-order valence-corrected chi connectivity index (χ3v) is 6.76. The lowest BCUT2D eigenvalue weighted by atomic mass is 10.1. The smallest absolute Gasteiger partial charge is 0.262 e. The number of nitrogens with zero attached hydrogens (tertiary/aromatic N) is 3. The lowest BCUT2D eigenvalue weighted by Crippen LogP contribution is -2.20. The molecule has 32 heavy (non-hydrogen) atoms. The van der Waals surface area contributed by atoms with Crippen LogP contribution in [-0.2, 0) is 10.0 Å². The Labute approximate surface area is 185 Å². The zero-order valence-electron chi connectivity index (χ0n) is 17.1. The highest BCUT2D eigenvalue weighted by atomic mass is 32.2. The number of hydrogen-bond acceptors (Lipinski definition) is 5. The summed E-state index contributed by atoms with van der Waals surface area (Å²) in [6.45, 7) is 0. The van der Waals surface area contributed by atoms with E-state index in [1.54, 1.807) is 55.6 Å². The van der Waals surface area contributed by atoms with Gasteiger partial charge in [0.1, 0.15) is 0 Å². The maximum atomic E-state index is 13.2. The molecule has 0 unspecified atom stereocenters. The van der Waals surface area contributed by atoms with Gasteiger partial charge < -0.3 is 4.90 Å². The van der Waals surface area contributed by atoms with Gasteiger partial charge in [-0.25, -0.2) is 8.42 Å². The molecular weight excluding hydrogens is 424 g/mol. The van der Waals surface area contributed by atoms with Crippen molar-refractivity contribution in [3.63, 3.8) is 0 Å². The van der Waals surface area contributed by atoms with Crippen LogP contribution in [0.25, 0.3) is 10.8 Å². The minimum atomic E-state index is -3.88. The number of anilines is 2. The first-order valence-electron chi connectivity index (χ1n) is 9.87. The second-order valence-corrected chi connectivity index (χ2v) is 9.01. The molecule has 0 saturated heterocycles. The summed E-state index contributed by atoms with van der Waals surface area (Å²) in [5, 5.41) is 9.48. The fraction of sp³-hybridized carbons (Fsp3) is 0.0417. The standard InChI is InChI=1S/C24H18N4O3S/c1-28-21-14-15-22(19-8-5-9-20(23(19)21)24(28)29)32(30,31)27-18-12-10-17(11-13-18)26-25-16-6-3-2-4-7-16/h2-15,27H,1H3. The Kier molecular flexibility index (Phi) is 4.71. The predicted octanol–water partition coefficient (Wildman–Crippen LogP) is 5.65. The zero-order chi connectivity index (χ0) is 22.3. The number of rotatable bonds is 5. The molecule has 0 spiro atoms. The van der Waals surface area contributed by atoms with Gasteiger partial charge in [0.05, 0.1) is 22.0 Å². The lowest BCUT2D eigenvalue weighted by molar-refractivity contribution is 0.0999. The molecule has 0 aromatic heterocycles. The van der Waals surface area contributed by atoms with Crippen molar-refractivity contribution in [2.75, 3.05) is 16.7 Å². The summed E-state index contributed by atoms with van der Waals surface area (Å²) in [6, 6.07) is 24.3. The molecular formula is C24H18N4O3S. The van der Waals surface area contributed by atoms with E-state index in [-0.39, 0.29) is 10.8 Å². The largest absolute Gasteiger partial charge is 0.311 e. The molecule has 4 aromatic carbocycles. The average Bonchev–Trinajstić information content (AvgIpc) is 3.06. The van der Waals surface area contributed by atoms with Gasteiger partial charge in [0.2, 0.25) is 0 Å². The Bertz CT molecular complexity index is 1480. The van der Waals surface area contributed by atoms with Crippen LogP contribution in [0.2, 0.25) is 0 Å². The molecule has 0 fully saturated rings. The van der Waals surface area contributed by atoms with E-state index in [2.05, 4.69) is 15.0 Å². The highest BCUT2D eigenvalue weighted by Crippen LogP contribution is 2.39. The Morgan fingerprint density at radius 3 is 2.19 bits per heavy atom. The number of carbonyl (C=O) groups excluding carboxylic acids is 1. The van der Waals surface area contributed by atoms with Crippen LogP contribution in [0.1, 0.15) is 10.4 Å². The molecule has 7 nitrogen and oxygen atoms in total.